The molecule has 0 spiro atoms. The summed E-state index contributed by atoms with van der Waals surface area (Å²) in [7, 11) is 0. The van der Waals surface area contributed by atoms with E-state index in [-0.39, 0.29) is 23.9 Å². The van der Waals surface area contributed by atoms with Gasteiger partial charge in [0.2, 0.25) is 11.8 Å². The van der Waals surface area contributed by atoms with Crippen LogP contribution in [0.3, 0.4) is 0 Å². The third kappa shape index (κ3) is 2.93. The number of carbonyl (C=O) groups is 2. The third-order valence-corrected chi connectivity index (χ3v) is 4.52. The Balaban J connectivity index is 3.19. The first-order valence-corrected chi connectivity index (χ1v) is 7.59. The highest BCUT2D eigenvalue weighted by Crippen LogP contribution is 2.27. The molecule has 1 fully saturated rings. The van der Waals surface area contributed by atoms with E-state index < -0.39 is 5.54 Å². The Hall–Kier alpha value is -1.06. The molecule has 110 valence electrons. The van der Waals surface area contributed by atoms with Gasteiger partial charge in [0.1, 0.15) is 5.54 Å². The normalized spacial score (nSPS) is 23.5. The molecule has 1 aliphatic rings. The second-order valence-corrected chi connectivity index (χ2v) is 5.57. The zero-order chi connectivity index (χ0) is 14.6. The van der Waals surface area contributed by atoms with Crippen LogP contribution in [-0.4, -0.2) is 34.3 Å². The molecule has 0 aliphatic carbocycles. The predicted octanol–water partition coefficient (Wildman–Crippen LogP) is 2.47. The van der Waals surface area contributed by atoms with Gasteiger partial charge in [-0.1, -0.05) is 27.7 Å². The molecular weight excluding hydrogens is 240 g/mol. The third-order valence-electron chi connectivity index (χ3n) is 4.52. The molecule has 1 atom stereocenters. The molecule has 0 aromatic carbocycles. The topological polar surface area (TPSA) is 49.4 Å². The summed E-state index contributed by atoms with van der Waals surface area (Å²) in [5, 5.41) is 2.97. The summed E-state index contributed by atoms with van der Waals surface area (Å²) in [5.41, 5.74) is -0.704. The highest BCUT2D eigenvalue weighted by Gasteiger charge is 2.45. The number of amides is 2. The lowest BCUT2D eigenvalue weighted by Crippen LogP contribution is -2.59. The first-order valence-electron chi connectivity index (χ1n) is 7.59. The lowest BCUT2D eigenvalue weighted by Gasteiger charge is -2.39. The van der Waals surface area contributed by atoms with Gasteiger partial charge in [-0.15, -0.1) is 0 Å². The maximum atomic E-state index is 13.0. The van der Waals surface area contributed by atoms with Crippen LogP contribution in [0.5, 0.6) is 0 Å². The van der Waals surface area contributed by atoms with Crippen LogP contribution in [0.15, 0.2) is 0 Å². The minimum atomic E-state index is -0.704. The van der Waals surface area contributed by atoms with Crippen LogP contribution in [0.25, 0.3) is 0 Å². The van der Waals surface area contributed by atoms with Crippen LogP contribution >= 0.6 is 0 Å². The lowest BCUT2D eigenvalue weighted by molar-refractivity contribution is -0.143. The molecule has 0 aromatic heterocycles. The molecule has 2 amide bonds. The van der Waals surface area contributed by atoms with Gasteiger partial charge in [0.15, 0.2) is 0 Å². The minimum Gasteiger partial charge on any atom is -0.342 e. The van der Waals surface area contributed by atoms with E-state index in [1.165, 1.54) is 0 Å². The van der Waals surface area contributed by atoms with Crippen molar-refractivity contribution in [3.05, 3.63) is 0 Å². The largest absolute Gasteiger partial charge is 0.342 e. The van der Waals surface area contributed by atoms with Crippen molar-refractivity contribution < 1.29 is 9.59 Å². The number of nitrogens with zero attached hydrogens (tertiary/aromatic N) is 1. The summed E-state index contributed by atoms with van der Waals surface area (Å²) in [4.78, 5) is 26.9. The van der Waals surface area contributed by atoms with Crippen molar-refractivity contribution in [2.75, 3.05) is 0 Å². The van der Waals surface area contributed by atoms with Gasteiger partial charge < -0.3 is 10.2 Å². The molecule has 0 saturated carbocycles. The quantitative estimate of drug-likeness (QED) is 0.832. The van der Waals surface area contributed by atoms with E-state index in [0.29, 0.717) is 19.3 Å². The smallest absolute Gasteiger partial charge is 0.248 e. The average molecular weight is 268 g/mol. The fourth-order valence-corrected chi connectivity index (χ4v) is 3.12. The monoisotopic (exact) mass is 268 g/mol. The summed E-state index contributed by atoms with van der Waals surface area (Å²) in [6.07, 6.45) is 3.58. The molecule has 0 bridgehead atoms. The molecule has 0 radical (unpaired) electrons. The predicted molar refractivity (Wildman–Crippen MR) is 76.8 cm³/mol. The molecule has 1 aliphatic heterocycles. The Morgan fingerprint density at radius 2 is 1.74 bits per heavy atom. The Labute approximate surface area is 116 Å². The Morgan fingerprint density at radius 1 is 1.21 bits per heavy atom. The standard InChI is InChI=1S/C15H28N2O2/c1-6-12(7-2)17-11(5)10-13(18)16-15(8-3,9-4)14(17)19/h11-12H,6-10H2,1-5H3,(H,16,18). The van der Waals surface area contributed by atoms with Crippen molar-refractivity contribution in [1.82, 2.24) is 10.2 Å². The van der Waals surface area contributed by atoms with Gasteiger partial charge in [0, 0.05) is 18.5 Å². The van der Waals surface area contributed by atoms with E-state index in [4.69, 9.17) is 0 Å². The van der Waals surface area contributed by atoms with Crippen LogP contribution in [-0.2, 0) is 9.59 Å². The zero-order valence-electron chi connectivity index (χ0n) is 13.0. The number of rotatable bonds is 5. The molecule has 4 nitrogen and oxygen atoms in total. The molecule has 1 rings (SSSR count). The molecule has 1 N–H and O–H groups in total. The first kappa shape index (κ1) is 16.0. The molecule has 19 heavy (non-hydrogen) atoms. The average Bonchev–Trinajstić information content (AvgIpc) is 2.49. The van der Waals surface area contributed by atoms with Gasteiger partial charge in [-0.25, -0.2) is 0 Å². The van der Waals surface area contributed by atoms with Crippen molar-refractivity contribution >= 4 is 11.8 Å². The van der Waals surface area contributed by atoms with Crippen molar-refractivity contribution in [2.45, 2.75) is 84.3 Å². The van der Waals surface area contributed by atoms with E-state index in [2.05, 4.69) is 19.2 Å². The molecule has 1 saturated heterocycles. The zero-order valence-corrected chi connectivity index (χ0v) is 13.0. The van der Waals surface area contributed by atoms with E-state index in [1.807, 2.05) is 25.7 Å². The molecule has 1 heterocycles. The van der Waals surface area contributed by atoms with E-state index in [9.17, 15) is 9.59 Å². The van der Waals surface area contributed by atoms with Crippen LogP contribution in [0.2, 0.25) is 0 Å². The summed E-state index contributed by atoms with van der Waals surface area (Å²) in [5.74, 6) is 0.0996. The van der Waals surface area contributed by atoms with Gasteiger partial charge in [-0.05, 0) is 32.6 Å². The van der Waals surface area contributed by atoms with Crippen molar-refractivity contribution in [2.24, 2.45) is 0 Å². The first-order chi connectivity index (χ1) is 8.95. The molecule has 4 heteroatoms. The Kier molecular flexibility index (Phi) is 5.39. The highest BCUT2D eigenvalue weighted by molar-refractivity contribution is 5.94. The van der Waals surface area contributed by atoms with Crippen LogP contribution in [0.1, 0.15) is 66.7 Å². The Morgan fingerprint density at radius 3 is 2.16 bits per heavy atom. The Bertz CT molecular complexity index is 333. The fourth-order valence-electron chi connectivity index (χ4n) is 3.12. The lowest BCUT2D eigenvalue weighted by atomic mass is 9.90. The number of carbonyl (C=O) groups excluding carboxylic acids is 2. The SMILES string of the molecule is CCC(CC)N1C(=O)C(CC)(CC)NC(=O)CC1C. The summed E-state index contributed by atoms with van der Waals surface area (Å²) in [6.45, 7) is 10.1. The van der Waals surface area contributed by atoms with Crippen LogP contribution in [0, 0.1) is 0 Å². The fraction of sp³-hybridized carbons (Fsp3) is 0.867. The van der Waals surface area contributed by atoms with E-state index in [1.54, 1.807) is 0 Å². The van der Waals surface area contributed by atoms with Crippen molar-refractivity contribution in [3.63, 3.8) is 0 Å². The van der Waals surface area contributed by atoms with Crippen molar-refractivity contribution in [3.8, 4) is 0 Å². The molecular formula is C15H28N2O2. The summed E-state index contributed by atoms with van der Waals surface area (Å²) < 4.78 is 0. The highest BCUT2D eigenvalue weighted by atomic mass is 16.2. The maximum Gasteiger partial charge on any atom is 0.248 e. The van der Waals surface area contributed by atoms with Crippen molar-refractivity contribution in [1.29, 1.82) is 0 Å². The number of hydrogen-bond donors (Lipinski definition) is 1. The minimum absolute atomic E-state index is 0.00185. The second kappa shape index (κ2) is 6.40. The van der Waals surface area contributed by atoms with Gasteiger partial charge in [0.05, 0.1) is 0 Å². The summed E-state index contributed by atoms with van der Waals surface area (Å²) >= 11 is 0. The number of hydrogen-bond acceptors (Lipinski definition) is 2. The van der Waals surface area contributed by atoms with Gasteiger partial charge in [-0.2, -0.15) is 0 Å². The van der Waals surface area contributed by atoms with Crippen LogP contribution in [0.4, 0.5) is 0 Å². The van der Waals surface area contributed by atoms with Crippen LogP contribution < -0.4 is 5.32 Å². The molecule has 0 aromatic rings. The van der Waals surface area contributed by atoms with Gasteiger partial charge in [-0.3, -0.25) is 9.59 Å². The van der Waals surface area contributed by atoms with Gasteiger partial charge >= 0.3 is 0 Å². The molecule has 1 unspecified atom stereocenters. The van der Waals surface area contributed by atoms with Gasteiger partial charge in [0.25, 0.3) is 0 Å². The summed E-state index contributed by atoms with van der Waals surface area (Å²) in [6, 6.07) is 0.213. The number of nitrogens with one attached hydrogen (secondary N) is 1. The maximum absolute atomic E-state index is 13.0. The van der Waals surface area contributed by atoms with E-state index >= 15 is 0 Å². The second-order valence-electron chi connectivity index (χ2n) is 5.57. The van der Waals surface area contributed by atoms with E-state index in [0.717, 1.165) is 12.8 Å².